The number of hydrogen-bond donors (Lipinski definition) is 2. The Morgan fingerprint density at radius 3 is 1.22 bits per heavy atom. The average molecular weight is 385 g/mol. The molecule has 0 saturated heterocycles. The van der Waals surface area contributed by atoms with E-state index in [1.54, 1.807) is 24.3 Å². The highest BCUT2D eigenvalue weighted by Crippen LogP contribution is 2.18. The van der Waals surface area contributed by atoms with E-state index in [4.69, 9.17) is 10.2 Å². The summed E-state index contributed by atoms with van der Waals surface area (Å²) in [6.45, 7) is 2.44. The van der Waals surface area contributed by atoms with E-state index >= 15 is 0 Å². The molecule has 0 aliphatic carbocycles. The fourth-order valence-electron chi connectivity index (χ4n) is 1.77. The molecule has 0 aromatic heterocycles. The lowest BCUT2D eigenvalue weighted by molar-refractivity contribution is -0.132. The van der Waals surface area contributed by atoms with E-state index in [9.17, 15) is 19.2 Å². The van der Waals surface area contributed by atoms with E-state index in [1.165, 1.54) is 38.1 Å². The van der Waals surface area contributed by atoms with Gasteiger partial charge in [-0.3, -0.25) is 9.59 Å². The molecule has 0 aliphatic heterocycles. The monoisotopic (exact) mass is 384 g/mol. The van der Waals surface area contributed by atoms with E-state index in [0.717, 1.165) is 0 Å². The van der Waals surface area contributed by atoms with Crippen LogP contribution >= 0.6 is 0 Å². The summed E-state index contributed by atoms with van der Waals surface area (Å²) in [5.74, 6) is -3.15. The first kappa shape index (κ1) is 24.1. The number of carbonyl (C=O) groups is 4. The predicted molar refractivity (Wildman–Crippen MR) is 95.2 cm³/mol. The Kier molecular flexibility index (Phi) is 10.4. The van der Waals surface area contributed by atoms with Crippen LogP contribution in [0.1, 0.15) is 34.6 Å². The van der Waals surface area contributed by atoms with Crippen LogP contribution in [0, 0.1) is 0 Å². The molecule has 2 rings (SSSR count). The van der Waals surface area contributed by atoms with Gasteiger partial charge in [0.2, 0.25) is 0 Å². The van der Waals surface area contributed by atoms with Gasteiger partial charge >= 0.3 is 23.9 Å². The summed E-state index contributed by atoms with van der Waals surface area (Å²) >= 11 is 0. The topological polar surface area (TPSA) is 127 Å². The van der Waals surface area contributed by atoms with Crippen LogP contribution in [0.25, 0.3) is 0 Å². The van der Waals surface area contributed by atoms with Gasteiger partial charge in [0.1, 0.15) is 22.6 Å². The zero-order chi connectivity index (χ0) is 19.7. The summed E-state index contributed by atoms with van der Waals surface area (Å²) in [5, 5.41) is 17.4. The minimum absolute atomic E-state index is 0. The Morgan fingerprint density at radius 1 is 0.667 bits per heavy atom. The van der Waals surface area contributed by atoms with E-state index < -0.39 is 23.9 Å². The minimum atomic E-state index is -1.11. The molecule has 0 atom stereocenters. The molecule has 0 bridgehead atoms. The summed E-state index contributed by atoms with van der Waals surface area (Å²) < 4.78 is 9.37. The lowest BCUT2D eigenvalue weighted by Crippen LogP contribution is -2.06. The molecular weight excluding hydrogens is 368 g/mol. The Hall–Kier alpha value is -2.91. The molecule has 0 heterocycles. The molecule has 2 aromatic carbocycles. The third-order valence-corrected chi connectivity index (χ3v) is 2.74. The van der Waals surface area contributed by atoms with Crippen molar-refractivity contribution in [1.82, 2.24) is 0 Å². The molecule has 2 radical (unpaired) electrons. The van der Waals surface area contributed by atoms with E-state index in [-0.39, 0.29) is 45.7 Å². The third kappa shape index (κ3) is 8.34. The number of carboxylic acids is 2. The minimum Gasteiger partial charge on any atom is -0.478 e. The van der Waals surface area contributed by atoms with Crippen molar-refractivity contribution >= 4 is 46.9 Å². The number of para-hydroxylation sites is 2. The van der Waals surface area contributed by atoms with Gasteiger partial charge in [-0.1, -0.05) is 24.3 Å². The van der Waals surface area contributed by atoms with Gasteiger partial charge in [-0.2, -0.15) is 0 Å². The zero-order valence-electron chi connectivity index (χ0n) is 14.7. The van der Waals surface area contributed by atoms with Crippen molar-refractivity contribution in [3.05, 3.63) is 59.7 Å². The molecule has 0 unspecified atom stereocenters. The number of aromatic carboxylic acids is 2. The van der Waals surface area contributed by atoms with E-state index in [0.29, 0.717) is 0 Å². The van der Waals surface area contributed by atoms with Gasteiger partial charge in [0.15, 0.2) is 0 Å². The molecule has 0 amide bonds. The number of rotatable bonds is 4. The van der Waals surface area contributed by atoms with Crippen LogP contribution in [0.3, 0.4) is 0 Å². The van der Waals surface area contributed by atoms with Crippen LogP contribution in [-0.2, 0) is 9.59 Å². The number of carboxylic acid groups (broad SMARTS) is 2. The Morgan fingerprint density at radius 2 is 0.963 bits per heavy atom. The second-order valence-corrected chi connectivity index (χ2v) is 4.79. The highest BCUT2D eigenvalue weighted by Gasteiger charge is 2.11. The first-order valence-electron chi connectivity index (χ1n) is 7.23. The van der Waals surface area contributed by atoms with Gasteiger partial charge in [0.25, 0.3) is 0 Å². The lowest BCUT2D eigenvalue weighted by atomic mass is 10.2. The standard InChI is InChI=1S/2C9H8O4.Mg/c2*1-6(10)13-8-5-3-2-4-7(8)9(11)12;/h2*2-5H,1H3,(H,11,12);. The number of esters is 2. The predicted octanol–water partition coefficient (Wildman–Crippen LogP) is 2.24. The smallest absolute Gasteiger partial charge is 0.339 e. The van der Waals surface area contributed by atoms with Gasteiger partial charge in [0, 0.05) is 36.9 Å². The fraction of sp³-hybridized carbons (Fsp3) is 0.111. The third-order valence-electron chi connectivity index (χ3n) is 2.74. The van der Waals surface area contributed by atoms with Crippen LogP contribution in [0.4, 0.5) is 0 Å². The highest BCUT2D eigenvalue weighted by atomic mass is 24.3. The van der Waals surface area contributed by atoms with Crippen LogP contribution < -0.4 is 9.47 Å². The van der Waals surface area contributed by atoms with Crippen molar-refractivity contribution in [2.24, 2.45) is 0 Å². The van der Waals surface area contributed by atoms with E-state index in [1.807, 2.05) is 0 Å². The van der Waals surface area contributed by atoms with Crippen LogP contribution in [0.2, 0.25) is 0 Å². The lowest BCUT2D eigenvalue weighted by Gasteiger charge is -2.03. The Balaban J connectivity index is 0.000000483. The molecule has 8 nitrogen and oxygen atoms in total. The molecule has 27 heavy (non-hydrogen) atoms. The van der Waals surface area contributed by atoms with Gasteiger partial charge in [-0.15, -0.1) is 0 Å². The summed E-state index contributed by atoms with van der Waals surface area (Å²) in [7, 11) is 0. The molecule has 0 fully saturated rings. The van der Waals surface area contributed by atoms with Crippen molar-refractivity contribution < 1.29 is 38.9 Å². The van der Waals surface area contributed by atoms with Crippen LogP contribution in [0.15, 0.2) is 48.5 Å². The quantitative estimate of drug-likeness (QED) is 0.466. The zero-order valence-corrected chi connectivity index (χ0v) is 16.1. The summed E-state index contributed by atoms with van der Waals surface area (Å²) in [5.41, 5.74) is -0.0320. The van der Waals surface area contributed by atoms with Gasteiger partial charge in [-0.05, 0) is 24.3 Å². The Labute approximate surface area is 170 Å². The molecule has 2 aromatic rings. The van der Waals surface area contributed by atoms with Crippen LogP contribution in [0.5, 0.6) is 11.5 Å². The number of benzene rings is 2. The first-order chi connectivity index (χ1) is 12.2. The molecular formula is C18H16MgO8. The number of ether oxygens (including phenoxy) is 2. The average Bonchev–Trinajstić information content (AvgIpc) is 2.55. The second-order valence-electron chi connectivity index (χ2n) is 4.79. The molecule has 0 spiro atoms. The van der Waals surface area contributed by atoms with Crippen molar-refractivity contribution in [3.63, 3.8) is 0 Å². The molecule has 0 aliphatic rings. The SMILES string of the molecule is CC(=O)Oc1ccccc1C(=O)O.CC(=O)Oc1ccccc1C(=O)O.[Mg]. The maximum Gasteiger partial charge on any atom is 0.339 e. The summed E-state index contributed by atoms with van der Waals surface area (Å²) in [4.78, 5) is 42.4. The summed E-state index contributed by atoms with van der Waals surface area (Å²) in [6.07, 6.45) is 0. The van der Waals surface area contributed by atoms with Gasteiger partial charge in [-0.25, -0.2) is 9.59 Å². The normalized spacial score (nSPS) is 8.96. The molecule has 138 valence electrons. The summed E-state index contributed by atoms with van der Waals surface area (Å²) in [6, 6.07) is 12.0. The van der Waals surface area contributed by atoms with E-state index in [2.05, 4.69) is 9.47 Å². The fourth-order valence-corrected chi connectivity index (χ4v) is 1.77. The van der Waals surface area contributed by atoms with Crippen molar-refractivity contribution in [1.29, 1.82) is 0 Å². The van der Waals surface area contributed by atoms with Gasteiger partial charge in [0.05, 0.1) is 0 Å². The van der Waals surface area contributed by atoms with Crippen molar-refractivity contribution in [2.45, 2.75) is 13.8 Å². The molecule has 0 saturated carbocycles. The van der Waals surface area contributed by atoms with Gasteiger partial charge < -0.3 is 19.7 Å². The van der Waals surface area contributed by atoms with Crippen molar-refractivity contribution in [3.8, 4) is 11.5 Å². The van der Waals surface area contributed by atoms with Crippen molar-refractivity contribution in [2.75, 3.05) is 0 Å². The van der Waals surface area contributed by atoms with Crippen LogP contribution in [-0.4, -0.2) is 57.1 Å². The number of hydrogen-bond acceptors (Lipinski definition) is 6. The molecule has 9 heteroatoms. The number of carbonyl (C=O) groups excluding carboxylic acids is 2. The highest BCUT2D eigenvalue weighted by molar-refractivity contribution is 5.92. The maximum absolute atomic E-state index is 10.6. The largest absolute Gasteiger partial charge is 0.478 e. The second kappa shape index (κ2) is 11.7. The Bertz CT molecular complexity index is 762. The first-order valence-corrected chi connectivity index (χ1v) is 7.23. The maximum atomic E-state index is 10.6. The molecule has 2 N–H and O–H groups in total.